The van der Waals surface area contributed by atoms with E-state index in [0.29, 0.717) is 17.7 Å². The number of aromatic nitrogens is 1. The Bertz CT molecular complexity index is 671. The van der Waals surface area contributed by atoms with Crippen molar-refractivity contribution in [2.75, 3.05) is 11.9 Å². The Balaban J connectivity index is 1.97. The zero-order chi connectivity index (χ0) is 15.9. The Morgan fingerprint density at radius 2 is 2.18 bits per heavy atom. The molecule has 2 rings (SSSR count). The Kier molecular flexibility index (Phi) is 5.65. The predicted molar refractivity (Wildman–Crippen MR) is 87.4 cm³/mol. The molecule has 1 aromatic carbocycles. The van der Waals surface area contributed by atoms with E-state index in [1.807, 2.05) is 0 Å². The van der Waals surface area contributed by atoms with Crippen LogP contribution < -0.4 is 10.6 Å². The molecule has 0 saturated heterocycles. The molecule has 2 aromatic rings. The fraction of sp³-hybridized carbons (Fsp3) is 0.429. The van der Waals surface area contributed by atoms with E-state index in [4.69, 9.17) is 0 Å². The summed E-state index contributed by atoms with van der Waals surface area (Å²) in [5.74, 6) is 0.356. The standard InChI is InChI=1S/C14H18N4O3S/c1-2-3-4-5-8-15-14(19)16-13-11-9-10(18(20)21)6-7-12(11)22-17-13/h6-7,9H,2-5,8H2,1H3,(H2,15,16,17,19). The van der Waals surface area contributed by atoms with Crippen molar-refractivity contribution in [3.05, 3.63) is 28.3 Å². The Labute approximate surface area is 132 Å². The fourth-order valence-corrected chi connectivity index (χ4v) is 2.75. The summed E-state index contributed by atoms with van der Waals surface area (Å²) in [7, 11) is 0. The van der Waals surface area contributed by atoms with Crippen molar-refractivity contribution in [3.63, 3.8) is 0 Å². The number of nitrogens with zero attached hydrogens (tertiary/aromatic N) is 2. The maximum atomic E-state index is 11.8. The van der Waals surface area contributed by atoms with Gasteiger partial charge in [-0.15, -0.1) is 0 Å². The molecular formula is C14H18N4O3S. The second kappa shape index (κ2) is 7.69. The summed E-state index contributed by atoms with van der Waals surface area (Å²) in [6, 6.07) is 4.16. The Morgan fingerprint density at radius 1 is 1.36 bits per heavy atom. The van der Waals surface area contributed by atoms with Crippen molar-refractivity contribution in [3.8, 4) is 0 Å². The highest BCUT2D eigenvalue weighted by Gasteiger charge is 2.13. The average molecular weight is 322 g/mol. The van der Waals surface area contributed by atoms with Crippen molar-refractivity contribution in [2.24, 2.45) is 0 Å². The van der Waals surface area contributed by atoms with E-state index in [-0.39, 0.29) is 11.7 Å². The summed E-state index contributed by atoms with van der Waals surface area (Å²) in [5.41, 5.74) is -0.0178. The third-order valence-corrected chi connectivity index (χ3v) is 4.04. The molecule has 0 aliphatic carbocycles. The molecule has 22 heavy (non-hydrogen) atoms. The molecule has 0 bridgehead atoms. The first-order chi connectivity index (χ1) is 10.6. The second-order valence-corrected chi connectivity index (χ2v) is 5.72. The predicted octanol–water partition coefficient (Wildman–Crippen LogP) is 3.91. The van der Waals surface area contributed by atoms with Gasteiger partial charge in [0.1, 0.15) is 0 Å². The monoisotopic (exact) mass is 322 g/mol. The van der Waals surface area contributed by atoms with E-state index >= 15 is 0 Å². The van der Waals surface area contributed by atoms with Gasteiger partial charge in [0.25, 0.3) is 5.69 Å². The molecule has 1 heterocycles. The molecule has 0 atom stereocenters. The highest BCUT2D eigenvalue weighted by Crippen LogP contribution is 2.30. The molecule has 0 aliphatic rings. The van der Waals surface area contributed by atoms with Gasteiger partial charge >= 0.3 is 6.03 Å². The number of nitro benzene ring substituents is 1. The topological polar surface area (TPSA) is 97.2 Å². The van der Waals surface area contributed by atoms with Crippen LogP contribution in [0.4, 0.5) is 16.3 Å². The van der Waals surface area contributed by atoms with Gasteiger partial charge < -0.3 is 5.32 Å². The van der Waals surface area contributed by atoms with Crippen LogP contribution in [0.2, 0.25) is 0 Å². The van der Waals surface area contributed by atoms with Gasteiger partial charge in [0.05, 0.1) is 9.62 Å². The highest BCUT2D eigenvalue weighted by molar-refractivity contribution is 7.13. The number of unbranched alkanes of at least 4 members (excludes halogenated alkanes) is 3. The lowest BCUT2D eigenvalue weighted by molar-refractivity contribution is -0.384. The molecular weight excluding hydrogens is 304 g/mol. The Hall–Kier alpha value is -2.22. The van der Waals surface area contributed by atoms with Crippen molar-refractivity contribution in [1.29, 1.82) is 0 Å². The molecule has 0 aliphatic heterocycles. The van der Waals surface area contributed by atoms with Crippen molar-refractivity contribution >= 4 is 39.2 Å². The van der Waals surface area contributed by atoms with Gasteiger partial charge in [-0.25, -0.2) is 4.79 Å². The average Bonchev–Trinajstić information content (AvgIpc) is 2.89. The molecule has 0 saturated carbocycles. The summed E-state index contributed by atoms with van der Waals surface area (Å²) in [5, 5.41) is 16.8. The van der Waals surface area contributed by atoms with Gasteiger partial charge in [0.15, 0.2) is 5.82 Å². The quantitative estimate of drug-likeness (QED) is 0.459. The minimum absolute atomic E-state index is 0.0178. The number of non-ortho nitro benzene ring substituents is 1. The number of amides is 2. The molecule has 2 N–H and O–H groups in total. The number of anilines is 1. The van der Waals surface area contributed by atoms with Crippen LogP contribution in [0.5, 0.6) is 0 Å². The molecule has 0 unspecified atom stereocenters. The van der Waals surface area contributed by atoms with E-state index in [9.17, 15) is 14.9 Å². The number of fused-ring (bicyclic) bond motifs is 1. The largest absolute Gasteiger partial charge is 0.338 e. The van der Waals surface area contributed by atoms with Gasteiger partial charge in [-0.05, 0) is 24.0 Å². The minimum Gasteiger partial charge on any atom is -0.338 e. The fourth-order valence-electron chi connectivity index (χ4n) is 2.04. The van der Waals surface area contributed by atoms with Crippen LogP contribution in [0.3, 0.4) is 0 Å². The Morgan fingerprint density at radius 3 is 2.91 bits per heavy atom. The number of carbonyl (C=O) groups is 1. The third-order valence-electron chi connectivity index (χ3n) is 3.21. The van der Waals surface area contributed by atoms with E-state index in [2.05, 4.69) is 21.9 Å². The first-order valence-electron chi connectivity index (χ1n) is 7.20. The smallest absolute Gasteiger partial charge is 0.320 e. The first kappa shape index (κ1) is 16.2. The molecule has 1 aromatic heterocycles. The van der Waals surface area contributed by atoms with Crippen LogP contribution in [-0.2, 0) is 0 Å². The molecule has 7 nitrogen and oxygen atoms in total. The lowest BCUT2D eigenvalue weighted by Gasteiger charge is -2.05. The number of carbonyl (C=O) groups excluding carboxylic acids is 1. The lowest BCUT2D eigenvalue weighted by Crippen LogP contribution is -2.29. The van der Waals surface area contributed by atoms with Crippen LogP contribution in [0.1, 0.15) is 32.6 Å². The molecule has 8 heteroatoms. The summed E-state index contributed by atoms with van der Waals surface area (Å²) < 4.78 is 4.94. The summed E-state index contributed by atoms with van der Waals surface area (Å²) in [6.45, 7) is 2.74. The van der Waals surface area contributed by atoms with Gasteiger partial charge in [-0.1, -0.05) is 26.2 Å². The number of hydrogen-bond donors (Lipinski definition) is 2. The van der Waals surface area contributed by atoms with Crippen LogP contribution in [0.15, 0.2) is 18.2 Å². The normalized spacial score (nSPS) is 10.6. The maximum Gasteiger partial charge on any atom is 0.320 e. The van der Waals surface area contributed by atoms with Crippen molar-refractivity contribution < 1.29 is 9.72 Å². The lowest BCUT2D eigenvalue weighted by atomic mass is 10.2. The third kappa shape index (κ3) is 4.14. The zero-order valence-electron chi connectivity index (χ0n) is 12.3. The first-order valence-corrected chi connectivity index (χ1v) is 7.98. The van der Waals surface area contributed by atoms with Crippen molar-refractivity contribution in [2.45, 2.75) is 32.6 Å². The zero-order valence-corrected chi connectivity index (χ0v) is 13.1. The van der Waals surface area contributed by atoms with Gasteiger partial charge in [-0.3, -0.25) is 15.4 Å². The second-order valence-electron chi connectivity index (χ2n) is 4.91. The van der Waals surface area contributed by atoms with E-state index in [1.54, 1.807) is 6.07 Å². The van der Waals surface area contributed by atoms with E-state index in [1.165, 1.54) is 23.7 Å². The molecule has 2 amide bonds. The summed E-state index contributed by atoms with van der Waals surface area (Å²) in [4.78, 5) is 22.2. The van der Waals surface area contributed by atoms with E-state index in [0.717, 1.165) is 30.4 Å². The van der Waals surface area contributed by atoms with Crippen molar-refractivity contribution in [1.82, 2.24) is 9.69 Å². The van der Waals surface area contributed by atoms with Crippen LogP contribution >= 0.6 is 11.5 Å². The number of hydrogen-bond acceptors (Lipinski definition) is 5. The van der Waals surface area contributed by atoms with Crippen LogP contribution in [0, 0.1) is 10.1 Å². The van der Waals surface area contributed by atoms with Crippen LogP contribution in [0.25, 0.3) is 10.1 Å². The molecule has 0 fully saturated rings. The number of nitrogens with one attached hydrogen (secondary N) is 2. The number of benzene rings is 1. The van der Waals surface area contributed by atoms with Gasteiger partial charge in [-0.2, -0.15) is 4.37 Å². The van der Waals surface area contributed by atoms with Crippen LogP contribution in [-0.4, -0.2) is 21.9 Å². The molecule has 0 spiro atoms. The number of rotatable bonds is 7. The maximum absolute atomic E-state index is 11.8. The molecule has 118 valence electrons. The molecule has 0 radical (unpaired) electrons. The number of nitro groups is 1. The minimum atomic E-state index is -0.464. The SMILES string of the molecule is CCCCCCNC(=O)Nc1nsc2ccc([N+](=O)[O-])cc12. The summed E-state index contributed by atoms with van der Waals surface area (Å²) >= 11 is 1.20. The summed E-state index contributed by atoms with van der Waals surface area (Å²) in [6.07, 6.45) is 4.33. The highest BCUT2D eigenvalue weighted by atomic mass is 32.1. The van der Waals surface area contributed by atoms with E-state index < -0.39 is 4.92 Å². The number of urea groups is 1. The van der Waals surface area contributed by atoms with Gasteiger partial charge in [0.2, 0.25) is 0 Å². The van der Waals surface area contributed by atoms with Gasteiger partial charge in [0, 0.05) is 24.1 Å².